The number of amides is 1. The number of benzene rings is 2. The second-order valence-electron chi connectivity index (χ2n) is 8.49. The maximum Gasteiger partial charge on any atom is 0.251 e. The van der Waals surface area contributed by atoms with Gasteiger partial charge in [0, 0.05) is 18.0 Å². The molecule has 2 aromatic carbocycles. The zero-order valence-electron chi connectivity index (χ0n) is 19.1. The smallest absolute Gasteiger partial charge is 0.251 e. The Bertz CT molecular complexity index is 1170. The molecule has 2 atom stereocenters. The molecule has 7 nitrogen and oxygen atoms in total. The maximum atomic E-state index is 13.3. The number of nitrogens with zero attached hydrogens (tertiary/aromatic N) is 3. The molecule has 3 heterocycles. The first-order valence-corrected chi connectivity index (χ1v) is 11.3. The van der Waals surface area contributed by atoms with Crippen LogP contribution in [-0.4, -0.2) is 33.4 Å². The van der Waals surface area contributed by atoms with E-state index in [0.29, 0.717) is 25.5 Å². The summed E-state index contributed by atoms with van der Waals surface area (Å²) in [5.74, 6) is 2.21. The van der Waals surface area contributed by atoms with Crippen molar-refractivity contribution in [3.63, 3.8) is 0 Å². The summed E-state index contributed by atoms with van der Waals surface area (Å²) in [6, 6.07) is 15.9. The van der Waals surface area contributed by atoms with Gasteiger partial charge in [-0.2, -0.15) is 0 Å². The Labute approximate surface area is 193 Å². The van der Waals surface area contributed by atoms with E-state index in [2.05, 4.69) is 22.5 Å². The number of aromatic nitrogens is 1. The van der Waals surface area contributed by atoms with E-state index in [1.165, 1.54) is 5.56 Å². The zero-order valence-corrected chi connectivity index (χ0v) is 19.1. The summed E-state index contributed by atoms with van der Waals surface area (Å²) in [6.07, 6.45) is 4.43. The van der Waals surface area contributed by atoms with Crippen LogP contribution in [-0.2, 0) is 11.3 Å². The lowest BCUT2D eigenvalue weighted by molar-refractivity contribution is -0.135. The normalized spacial score (nSPS) is 19.8. The average Bonchev–Trinajstić information content (AvgIpc) is 3.41. The summed E-state index contributed by atoms with van der Waals surface area (Å²) >= 11 is 0. The molecule has 1 fully saturated rings. The van der Waals surface area contributed by atoms with Crippen LogP contribution in [0.25, 0.3) is 11.5 Å². The first kappa shape index (κ1) is 21.3. The predicted octanol–water partition coefficient (Wildman–Crippen LogP) is 4.49. The molecular weight excluding hydrogens is 416 g/mol. The summed E-state index contributed by atoms with van der Waals surface area (Å²) in [4.78, 5) is 19.7. The molecule has 0 radical (unpaired) electrons. The van der Waals surface area contributed by atoms with Gasteiger partial charge >= 0.3 is 0 Å². The second kappa shape index (κ2) is 8.75. The largest absolute Gasteiger partial charge is 0.494 e. The van der Waals surface area contributed by atoms with Crippen LogP contribution in [0.15, 0.2) is 65.3 Å². The lowest BCUT2D eigenvalue weighted by Gasteiger charge is -2.31. The van der Waals surface area contributed by atoms with Crippen LogP contribution in [0.5, 0.6) is 5.75 Å². The Hall–Kier alpha value is -3.58. The molecule has 1 amide bonds. The molecule has 3 aromatic rings. The Balaban J connectivity index is 1.28. The number of nitrogens with one attached hydrogen (secondary N) is 1. The average molecular weight is 445 g/mol. The Morgan fingerprint density at radius 1 is 1.09 bits per heavy atom. The monoisotopic (exact) mass is 444 g/mol. The van der Waals surface area contributed by atoms with Crippen LogP contribution < -0.4 is 10.2 Å². The van der Waals surface area contributed by atoms with E-state index in [0.717, 1.165) is 28.3 Å². The summed E-state index contributed by atoms with van der Waals surface area (Å²) in [5.41, 5.74) is 7.46. The minimum Gasteiger partial charge on any atom is -0.494 e. The summed E-state index contributed by atoms with van der Waals surface area (Å²) in [5, 5.41) is 1.91. The number of aryl methyl sites for hydroxylation is 2. The van der Waals surface area contributed by atoms with Crippen LogP contribution in [0.4, 0.5) is 0 Å². The van der Waals surface area contributed by atoms with Gasteiger partial charge in [-0.15, -0.1) is 0 Å². The van der Waals surface area contributed by atoms with Crippen molar-refractivity contribution in [1.82, 2.24) is 20.3 Å². The van der Waals surface area contributed by atoms with Gasteiger partial charge in [0.05, 0.1) is 19.2 Å². The maximum absolute atomic E-state index is 13.3. The van der Waals surface area contributed by atoms with Gasteiger partial charge in [0.25, 0.3) is 5.91 Å². The molecule has 2 unspecified atom stereocenters. The van der Waals surface area contributed by atoms with Gasteiger partial charge in [0.15, 0.2) is 0 Å². The molecule has 1 aromatic heterocycles. The Morgan fingerprint density at radius 2 is 1.85 bits per heavy atom. The van der Waals surface area contributed by atoms with Gasteiger partial charge < -0.3 is 19.1 Å². The molecule has 170 valence electrons. The van der Waals surface area contributed by atoms with Crippen molar-refractivity contribution in [3.8, 4) is 17.2 Å². The topological polar surface area (TPSA) is 70.8 Å². The lowest BCUT2D eigenvalue weighted by atomic mass is 10.0. The molecule has 0 bridgehead atoms. The van der Waals surface area contributed by atoms with E-state index in [4.69, 9.17) is 9.15 Å². The molecule has 2 aliphatic rings. The van der Waals surface area contributed by atoms with E-state index in [1.807, 2.05) is 74.6 Å². The van der Waals surface area contributed by atoms with E-state index in [-0.39, 0.29) is 18.0 Å². The number of hydrazine groups is 1. The van der Waals surface area contributed by atoms with E-state index >= 15 is 0 Å². The molecule has 7 heteroatoms. The van der Waals surface area contributed by atoms with Crippen molar-refractivity contribution in [3.05, 3.63) is 83.5 Å². The molecule has 5 rings (SSSR count). The van der Waals surface area contributed by atoms with E-state index in [9.17, 15) is 4.79 Å². The van der Waals surface area contributed by atoms with Crippen molar-refractivity contribution < 1.29 is 13.9 Å². The van der Waals surface area contributed by atoms with Gasteiger partial charge in [-0.25, -0.2) is 10.4 Å². The summed E-state index contributed by atoms with van der Waals surface area (Å²) in [6.45, 7) is 6.94. The predicted molar refractivity (Wildman–Crippen MR) is 125 cm³/mol. The quantitative estimate of drug-likeness (QED) is 0.604. The second-order valence-corrected chi connectivity index (χ2v) is 8.49. The minimum atomic E-state index is -0.254. The Morgan fingerprint density at radius 3 is 2.58 bits per heavy atom. The molecule has 1 saturated heterocycles. The number of hydrogen-bond acceptors (Lipinski definition) is 6. The molecular formula is C26H28N4O3. The lowest BCUT2D eigenvalue weighted by Crippen LogP contribution is -2.47. The standard InChI is InChI=1S/C26H28N4O3/c1-4-32-21-11-9-19(10-12-21)22-15-24-26(31)29(13-14-30(24)28-22)16-23-18(3)33-25(27-23)20-7-5-17(2)6-8-20/h5-14,22,24,28H,4,15-16H2,1-3H3. The highest BCUT2D eigenvalue weighted by Gasteiger charge is 2.40. The number of carbonyl (C=O) groups excluding carboxylic acids is 1. The summed E-state index contributed by atoms with van der Waals surface area (Å²) in [7, 11) is 0. The summed E-state index contributed by atoms with van der Waals surface area (Å²) < 4.78 is 11.4. The minimum absolute atomic E-state index is 0.0534. The third kappa shape index (κ3) is 4.24. The highest BCUT2D eigenvalue weighted by molar-refractivity contribution is 5.84. The van der Waals surface area contributed by atoms with Crippen molar-refractivity contribution in [1.29, 1.82) is 0 Å². The molecule has 1 N–H and O–H groups in total. The number of carbonyl (C=O) groups is 1. The van der Waals surface area contributed by atoms with Gasteiger partial charge in [0.2, 0.25) is 5.89 Å². The highest BCUT2D eigenvalue weighted by Crippen LogP contribution is 2.32. The van der Waals surface area contributed by atoms with E-state index < -0.39 is 0 Å². The first-order chi connectivity index (χ1) is 16.0. The van der Waals surface area contributed by atoms with E-state index in [1.54, 1.807) is 4.90 Å². The van der Waals surface area contributed by atoms with Crippen molar-refractivity contribution in [2.75, 3.05) is 6.61 Å². The fourth-order valence-corrected chi connectivity index (χ4v) is 4.30. The van der Waals surface area contributed by atoms with Crippen molar-refractivity contribution in [2.24, 2.45) is 0 Å². The first-order valence-electron chi connectivity index (χ1n) is 11.3. The molecule has 0 spiro atoms. The van der Waals surface area contributed by atoms with Gasteiger partial charge in [-0.1, -0.05) is 29.8 Å². The number of rotatable bonds is 6. The van der Waals surface area contributed by atoms with Gasteiger partial charge in [0.1, 0.15) is 23.2 Å². The fourth-order valence-electron chi connectivity index (χ4n) is 4.30. The SMILES string of the molecule is CCOc1ccc(C2CC3C(=O)N(Cc4nc(-c5ccc(C)cc5)oc4C)C=CN3N2)cc1. The van der Waals surface area contributed by atoms with Crippen LogP contribution in [0.3, 0.4) is 0 Å². The van der Waals surface area contributed by atoms with Crippen LogP contribution >= 0.6 is 0 Å². The number of ether oxygens (including phenoxy) is 1. The molecule has 2 aliphatic heterocycles. The number of hydrogen-bond donors (Lipinski definition) is 1. The van der Waals surface area contributed by atoms with Gasteiger partial charge in [-0.3, -0.25) is 4.79 Å². The highest BCUT2D eigenvalue weighted by atomic mass is 16.5. The molecule has 0 aliphatic carbocycles. The van der Waals surface area contributed by atoms with Gasteiger partial charge in [-0.05, 0) is 57.0 Å². The van der Waals surface area contributed by atoms with Crippen molar-refractivity contribution in [2.45, 2.75) is 45.8 Å². The van der Waals surface area contributed by atoms with Crippen LogP contribution in [0, 0.1) is 13.8 Å². The van der Waals surface area contributed by atoms with Crippen molar-refractivity contribution >= 4 is 5.91 Å². The zero-order chi connectivity index (χ0) is 22.9. The third-order valence-electron chi connectivity index (χ3n) is 6.18. The van der Waals surface area contributed by atoms with Crippen LogP contribution in [0.2, 0.25) is 0 Å². The number of fused-ring (bicyclic) bond motifs is 1. The van der Waals surface area contributed by atoms with Crippen LogP contribution in [0.1, 0.15) is 42.0 Å². The Kier molecular flexibility index (Phi) is 5.64. The third-order valence-corrected chi connectivity index (χ3v) is 6.18. The number of oxazole rings is 1. The molecule has 33 heavy (non-hydrogen) atoms. The molecule has 0 saturated carbocycles. The fraction of sp³-hybridized carbons (Fsp3) is 0.308.